The number of fused-ring (bicyclic) bond motifs is 5. The van der Waals surface area contributed by atoms with E-state index in [1.54, 1.807) is 28.3 Å². The van der Waals surface area contributed by atoms with Crippen LogP contribution in [-0.4, -0.2) is 283 Å². The quantitative estimate of drug-likeness (QED) is 0.0423. The number of Topliss-reactive ketones (excluding diaryl/α,β-unsaturated/α-hetero) is 1. The molecule has 3 saturated carbocycles. The van der Waals surface area contributed by atoms with Crippen molar-refractivity contribution in [3.63, 3.8) is 0 Å². The smallest absolute Gasteiger partial charge is 0.330 e. The van der Waals surface area contributed by atoms with Gasteiger partial charge in [0, 0.05) is 77.4 Å². The SMILES string of the molecule is COC1CC(OC2CCC3(C)C(=CCC4(O)C3CC(OC(=O)C=C(C)C(C)C)C3(C)C(C(C)=O)CCC43O)C2)OC(C)C1OC1CC(OC)C(OC2CC(OC)C(OC3CC(OC)C(OC4OC(CO)C(OC5OC(CO)C(O)C(O)C5O)C(O)C4O)C(C)O3)C(C)O2)C(C)O1. The van der Waals surface area contributed by atoms with Crippen LogP contribution in [0.25, 0.3) is 0 Å². The zero-order chi connectivity index (χ0) is 69.8. The fraction of sp³-hybridized carbons (Fsp3) is 0.912. The van der Waals surface area contributed by atoms with Gasteiger partial charge >= 0.3 is 5.97 Å². The zero-order valence-corrected chi connectivity index (χ0v) is 58.0. The average molecular weight is 1380 g/mol. The number of ketones is 1. The fourth-order valence-corrected chi connectivity index (χ4v) is 17.7. The standard InChI is InChI=1S/C68H110O28/c1-30(2)31(3)21-48(72)91-47-27-46-65(9)18-16-38(22-37(65)15-19-67(46,78)68(79)20-17-39(32(4)71)66(47,68)10)88-49-23-40(80-11)58(33(5)84-49)92-50-24-41(81-12)59(34(6)85-50)93-51-25-42(82-13)60(35(7)86-51)94-52-26-43(83-14)61(36(8)87-52)95-64-57(77)55(75)62(45(29-70)90-64)96-63-56(76)54(74)53(73)44(28-69)89-63/h15,21,30,33-36,38-47,49-64,69-70,73-79H,16-20,22-29H2,1-14H3. The Hall–Kier alpha value is -2.38. The molecule has 6 saturated heterocycles. The molecule has 0 bridgehead atoms. The molecule has 96 heavy (non-hydrogen) atoms. The van der Waals surface area contributed by atoms with Crippen LogP contribution < -0.4 is 0 Å². The third-order valence-corrected chi connectivity index (χ3v) is 23.6. The number of methoxy groups -OCH3 is 4. The first-order chi connectivity index (χ1) is 45.4. The fourth-order valence-electron chi connectivity index (χ4n) is 17.7. The van der Waals surface area contributed by atoms with Crippen LogP contribution in [0, 0.1) is 28.6 Å². The first-order valence-corrected chi connectivity index (χ1v) is 34.5. The number of carbonyl (C=O) groups excluding carboxylic acids is 2. The van der Waals surface area contributed by atoms with Crippen LogP contribution in [0.5, 0.6) is 0 Å². The van der Waals surface area contributed by atoms with E-state index >= 15 is 0 Å². The van der Waals surface area contributed by atoms with E-state index in [0.717, 1.165) is 11.1 Å². The summed E-state index contributed by atoms with van der Waals surface area (Å²) in [5, 5.41) is 99.5. The van der Waals surface area contributed by atoms with Gasteiger partial charge in [-0.3, -0.25) is 4.79 Å². The minimum absolute atomic E-state index is 0.0940. The maximum absolute atomic E-state index is 13.6. The van der Waals surface area contributed by atoms with Crippen LogP contribution in [-0.2, 0) is 90.1 Å². The molecule has 0 amide bonds. The summed E-state index contributed by atoms with van der Waals surface area (Å²) in [7, 11) is 6.29. The average Bonchev–Trinajstić information content (AvgIpc) is 1.34. The van der Waals surface area contributed by atoms with Crippen molar-refractivity contribution in [3.05, 3.63) is 23.3 Å². The second kappa shape index (κ2) is 30.9. The highest BCUT2D eigenvalue weighted by atomic mass is 16.8. The summed E-state index contributed by atoms with van der Waals surface area (Å²) in [6.07, 6.45) is -19.8. The molecule has 4 aliphatic carbocycles. The lowest BCUT2D eigenvalue weighted by atomic mass is 9.43. The summed E-state index contributed by atoms with van der Waals surface area (Å²) in [6, 6.07) is 0. The number of esters is 1. The minimum atomic E-state index is -1.82. The van der Waals surface area contributed by atoms with Gasteiger partial charge < -0.3 is 126 Å². The summed E-state index contributed by atoms with van der Waals surface area (Å²) in [5.74, 6) is -1.55. The van der Waals surface area contributed by atoms with Crippen LogP contribution >= 0.6 is 0 Å². The number of hydrogen-bond acceptors (Lipinski definition) is 28. The predicted octanol–water partition coefficient (Wildman–Crippen LogP) is 1.66. The summed E-state index contributed by atoms with van der Waals surface area (Å²) in [5.41, 5.74) is -3.06. The molecule has 0 spiro atoms. The molecular weight excluding hydrogens is 1260 g/mol. The summed E-state index contributed by atoms with van der Waals surface area (Å²) in [6.45, 7) is 17.3. The molecular formula is C68H110O28. The maximum atomic E-state index is 13.6. The maximum Gasteiger partial charge on any atom is 0.330 e. The number of aliphatic hydroxyl groups is 9. The Balaban J connectivity index is 0.701. The van der Waals surface area contributed by atoms with Gasteiger partial charge in [-0.05, 0) is 97.8 Å². The van der Waals surface area contributed by atoms with Crippen molar-refractivity contribution in [2.24, 2.45) is 28.6 Å². The number of ether oxygens (including phenoxy) is 17. The summed E-state index contributed by atoms with van der Waals surface area (Å²) in [4.78, 5) is 26.9. The number of rotatable bonds is 22. The first kappa shape index (κ1) is 76.3. The predicted molar refractivity (Wildman–Crippen MR) is 332 cm³/mol. The molecule has 28 nitrogen and oxygen atoms in total. The highest BCUT2D eigenvalue weighted by Gasteiger charge is 2.77. The van der Waals surface area contributed by atoms with Gasteiger partial charge in [0.1, 0.15) is 96.3 Å². The number of aliphatic hydroxyl groups excluding tert-OH is 7. The largest absolute Gasteiger partial charge is 0.458 e. The summed E-state index contributed by atoms with van der Waals surface area (Å²) < 4.78 is 106. The van der Waals surface area contributed by atoms with Crippen molar-refractivity contribution in [2.75, 3.05) is 41.7 Å². The van der Waals surface area contributed by atoms with E-state index in [2.05, 4.69) is 13.0 Å². The molecule has 0 aromatic rings. The second-order valence-electron chi connectivity index (χ2n) is 29.4. The molecule has 10 aliphatic rings. The van der Waals surface area contributed by atoms with E-state index in [0.29, 0.717) is 44.9 Å². The molecule has 6 aliphatic heterocycles. The molecule has 550 valence electrons. The lowest BCUT2D eigenvalue weighted by Crippen LogP contribution is -2.75. The van der Waals surface area contributed by atoms with Gasteiger partial charge in [0.15, 0.2) is 37.7 Å². The van der Waals surface area contributed by atoms with Crippen LogP contribution in [0.15, 0.2) is 23.3 Å². The molecule has 34 atom stereocenters. The Morgan fingerprint density at radius 2 is 1.02 bits per heavy atom. The normalized spacial score (nSPS) is 50.1. The topological polar surface area (TPSA) is 373 Å². The Morgan fingerprint density at radius 1 is 0.573 bits per heavy atom. The van der Waals surface area contributed by atoms with E-state index in [9.17, 15) is 55.5 Å². The van der Waals surface area contributed by atoms with Crippen molar-refractivity contribution >= 4 is 11.8 Å². The molecule has 10 rings (SSSR count). The molecule has 0 radical (unpaired) electrons. The third kappa shape index (κ3) is 14.5. The summed E-state index contributed by atoms with van der Waals surface area (Å²) >= 11 is 0. The molecule has 28 heteroatoms. The number of carbonyl (C=O) groups is 2. The lowest BCUT2D eigenvalue weighted by molar-refractivity contribution is -0.376. The van der Waals surface area contributed by atoms with Crippen molar-refractivity contribution in [3.8, 4) is 0 Å². The van der Waals surface area contributed by atoms with E-state index in [4.69, 9.17) is 80.5 Å². The number of hydrogen-bond donors (Lipinski definition) is 9. The number of allylic oxidation sites excluding steroid dienone is 1. The molecule has 6 heterocycles. The Bertz CT molecular complexity index is 2670. The highest BCUT2D eigenvalue weighted by molar-refractivity contribution is 5.83. The van der Waals surface area contributed by atoms with E-state index < -0.39 is 219 Å². The third-order valence-electron chi connectivity index (χ3n) is 23.6. The van der Waals surface area contributed by atoms with Crippen LogP contribution in [0.2, 0.25) is 0 Å². The molecule has 34 unspecified atom stereocenters. The lowest BCUT2D eigenvalue weighted by Gasteiger charge is -2.66. The van der Waals surface area contributed by atoms with Crippen molar-refractivity contribution in [2.45, 2.75) is 323 Å². The van der Waals surface area contributed by atoms with Crippen LogP contribution in [0.4, 0.5) is 0 Å². The van der Waals surface area contributed by atoms with Crippen molar-refractivity contribution < 1.29 is 136 Å². The second-order valence-corrected chi connectivity index (χ2v) is 29.4. The highest BCUT2D eigenvalue weighted by Crippen LogP contribution is 2.70. The van der Waals surface area contributed by atoms with Gasteiger partial charge in [-0.15, -0.1) is 0 Å². The van der Waals surface area contributed by atoms with Crippen molar-refractivity contribution in [1.82, 2.24) is 0 Å². The molecule has 0 aromatic carbocycles. The van der Waals surface area contributed by atoms with Crippen LogP contribution in [0.1, 0.15) is 140 Å². The van der Waals surface area contributed by atoms with E-state index in [-0.39, 0.29) is 43.5 Å². The van der Waals surface area contributed by atoms with E-state index in [1.165, 1.54) is 20.1 Å². The Labute approximate surface area is 562 Å². The zero-order valence-electron chi connectivity index (χ0n) is 58.0. The molecule has 0 aromatic heterocycles. The van der Waals surface area contributed by atoms with Crippen LogP contribution in [0.3, 0.4) is 0 Å². The van der Waals surface area contributed by atoms with Gasteiger partial charge in [-0.1, -0.05) is 44.9 Å². The van der Waals surface area contributed by atoms with E-state index in [1.807, 2.05) is 48.5 Å². The van der Waals surface area contributed by atoms with Gasteiger partial charge in [0.25, 0.3) is 0 Å². The van der Waals surface area contributed by atoms with Gasteiger partial charge in [0.2, 0.25) is 0 Å². The van der Waals surface area contributed by atoms with Crippen molar-refractivity contribution in [1.29, 1.82) is 0 Å². The molecule has 9 N–H and O–H groups in total. The van der Waals surface area contributed by atoms with Gasteiger partial charge in [-0.2, -0.15) is 0 Å². The monoisotopic (exact) mass is 1370 g/mol. The minimum Gasteiger partial charge on any atom is -0.458 e. The first-order valence-electron chi connectivity index (χ1n) is 34.5. The Kier molecular flexibility index (Phi) is 24.5. The van der Waals surface area contributed by atoms with Gasteiger partial charge in [-0.25, -0.2) is 4.79 Å². The van der Waals surface area contributed by atoms with Gasteiger partial charge in [0.05, 0.1) is 68.1 Å². The molecule has 9 fully saturated rings. The Morgan fingerprint density at radius 3 is 1.48 bits per heavy atom.